The minimum absolute atomic E-state index is 0.922. The lowest BCUT2D eigenvalue weighted by molar-refractivity contribution is 0.672. The van der Waals surface area contributed by atoms with Crippen molar-refractivity contribution >= 4 is 81.3 Å². The molecular weight excluding hydrogens is 615 g/mol. The molecule has 0 N–H and O–H groups in total. The monoisotopic (exact) mass is 643 g/mol. The van der Waals surface area contributed by atoms with Crippen molar-refractivity contribution in [1.29, 1.82) is 0 Å². The second-order valence-corrected chi connectivity index (χ2v) is 13.6. The quantitative estimate of drug-likeness (QED) is 0.186. The molecule has 0 fully saturated rings. The molecule has 0 spiro atoms. The fraction of sp³-hybridized carbons (Fsp3) is 0. The Hall–Kier alpha value is -6.16. The van der Waals surface area contributed by atoms with Gasteiger partial charge in [0.15, 0.2) is 0 Å². The van der Waals surface area contributed by atoms with Crippen molar-refractivity contribution in [3.8, 4) is 22.3 Å². The van der Waals surface area contributed by atoms with Crippen molar-refractivity contribution in [2.75, 3.05) is 4.90 Å². The molecule has 0 radical (unpaired) electrons. The SMILES string of the molecule is c1ccc(-c2ccc(N(c3ccc(-c4ccc5ccc6c7ccccc7oc6c5c4)cc3)c3ccc4c(c3)sc3ccccc34)cc2)cc1. The van der Waals surface area contributed by atoms with Crippen LogP contribution in [-0.2, 0) is 0 Å². The van der Waals surface area contributed by atoms with Gasteiger partial charge in [0.05, 0.1) is 0 Å². The van der Waals surface area contributed by atoms with Crippen LogP contribution in [0, 0.1) is 0 Å². The molecule has 0 aliphatic rings. The van der Waals surface area contributed by atoms with Crippen LogP contribution in [-0.4, -0.2) is 0 Å². The summed E-state index contributed by atoms with van der Waals surface area (Å²) in [6, 6.07) is 63.3. The van der Waals surface area contributed by atoms with Crippen molar-refractivity contribution in [2.24, 2.45) is 0 Å². The Kier molecular flexibility index (Phi) is 6.39. The van der Waals surface area contributed by atoms with Crippen molar-refractivity contribution in [3.63, 3.8) is 0 Å². The normalized spacial score (nSPS) is 11.7. The first-order valence-electron chi connectivity index (χ1n) is 16.6. The summed E-state index contributed by atoms with van der Waals surface area (Å²) >= 11 is 1.85. The van der Waals surface area contributed by atoms with Crippen LogP contribution in [0.15, 0.2) is 180 Å². The molecule has 0 saturated heterocycles. The maximum absolute atomic E-state index is 6.39. The molecule has 0 saturated carbocycles. The van der Waals surface area contributed by atoms with Gasteiger partial charge in [-0.05, 0) is 88.3 Å². The highest BCUT2D eigenvalue weighted by molar-refractivity contribution is 7.25. The van der Waals surface area contributed by atoms with Gasteiger partial charge >= 0.3 is 0 Å². The lowest BCUT2D eigenvalue weighted by Crippen LogP contribution is -2.09. The van der Waals surface area contributed by atoms with E-state index in [2.05, 4.69) is 169 Å². The number of furan rings is 1. The molecular formula is C46H29NOS. The number of anilines is 3. The van der Waals surface area contributed by atoms with Gasteiger partial charge < -0.3 is 9.32 Å². The molecule has 0 aliphatic carbocycles. The Labute approximate surface area is 287 Å². The van der Waals surface area contributed by atoms with Crippen molar-refractivity contribution in [2.45, 2.75) is 0 Å². The number of fused-ring (bicyclic) bond motifs is 8. The van der Waals surface area contributed by atoms with Crippen LogP contribution >= 0.6 is 11.3 Å². The van der Waals surface area contributed by atoms with Gasteiger partial charge in [0.2, 0.25) is 0 Å². The van der Waals surface area contributed by atoms with Gasteiger partial charge in [-0.2, -0.15) is 0 Å². The maximum atomic E-state index is 6.39. The van der Waals surface area contributed by atoms with Crippen LogP contribution in [0.3, 0.4) is 0 Å². The third-order valence-electron chi connectivity index (χ3n) is 9.67. The standard InChI is InChI=1S/C46H29NOS/c1-2-8-30(9-3-1)31-16-21-35(22-17-31)47(37-25-27-40-39-11-5-7-13-44(39)49-45(40)29-37)36-23-18-32(19-24-36)34-15-14-33-20-26-41-38-10-4-6-12-43(38)48-46(41)42(33)28-34/h1-29H. The third kappa shape index (κ3) is 4.70. The number of benzene rings is 8. The van der Waals surface area contributed by atoms with E-state index in [1.54, 1.807) is 0 Å². The van der Waals surface area contributed by atoms with Crippen molar-refractivity contribution in [3.05, 3.63) is 176 Å². The topological polar surface area (TPSA) is 16.4 Å². The van der Waals surface area contributed by atoms with Crippen LogP contribution in [0.4, 0.5) is 17.1 Å². The van der Waals surface area contributed by atoms with Gasteiger partial charge in [-0.15, -0.1) is 11.3 Å². The first kappa shape index (κ1) is 27.9. The minimum Gasteiger partial charge on any atom is -0.455 e. The van der Waals surface area contributed by atoms with E-state index in [0.29, 0.717) is 0 Å². The molecule has 0 aliphatic heterocycles. The first-order chi connectivity index (χ1) is 24.3. The van der Waals surface area contributed by atoms with Gasteiger partial charge in [0.1, 0.15) is 11.2 Å². The van der Waals surface area contributed by atoms with Crippen LogP contribution < -0.4 is 4.90 Å². The lowest BCUT2D eigenvalue weighted by Gasteiger charge is -2.26. The lowest BCUT2D eigenvalue weighted by atomic mass is 9.99. The molecule has 2 aromatic heterocycles. The molecule has 0 unspecified atom stereocenters. The molecule has 49 heavy (non-hydrogen) atoms. The second-order valence-electron chi connectivity index (χ2n) is 12.6. The van der Waals surface area contributed by atoms with E-state index in [1.165, 1.54) is 36.7 Å². The Morgan fingerprint density at radius 2 is 0.939 bits per heavy atom. The predicted octanol–water partition coefficient (Wildman–Crippen LogP) is 13.9. The van der Waals surface area contributed by atoms with Gasteiger partial charge in [0.25, 0.3) is 0 Å². The highest BCUT2D eigenvalue weighted by Gasteiger charge is 2.16. The molecule has 2 nitrogen and oxygen atoms in total. The summed E-state index contributed by atoms with van der Waals surface area (Å²) in [5.41, 5.74) is 9.97. The number of thiophene rings is 1. The fourth-order valence-electron chi connectivity index (χ4n) is 7.22. The number of para-hydroxylation sites is 1. The summed E-state index contributed by atoms with van der Waals surface area (Å²) in [6.45, 7) is 0. The Morgan fingerprint density at radius 3 is 1.73 bits per heavy atom. The van der Waals surface area contributed by atoms with E-state index in [4.69, 9.17) is 4.42 Å². The number of hydrogen-bond donors (Lipinski definition) is 0. The molecule has 0 atom stereocenters. The minimum atomic E-state index is 0.922. The van der Waals surface area contributed by atoms with Crippen LogP contribution in [0.1, 0.15) is 0 Å². The summed E-state index contributed by atoms with van der Waals surface area (Å²) in [5.74, 6) is 0. The number of rotatable bonds is 5. The predicted molar refractivity (Wildman–Crippen MR) is 210 cm³/mol. The van der Waals surface area contributed by atoms with E-state index >= 15 is 0 Å². The average molecular weight is 644 g/mol. The zero-order valence-corrected chi connectivity index (χ0v) is 27.3. The van der Waals surface area contributed by atoms with Crippen molar-refractivity contribution < 1.29 is 4.42 Å². The van der Waals surface area contributed by atoms with E-state index in [-0.39, 0.29) is 0 Å². The first-order valence-corrected chi connectivity index (χ1v) is 17.4. The van der Waals surface area contributed by atoms with Gasteiger partial charge in [-0.3, -0.25) is 0 Å². The zero-order chi connectivity index (χ0) is 32.3. The molecule has 10 aromatic rings. The number of hydrogen-bond acceptors (Lipinski definition) is 3. The molecule has 3 heteroatoms. The van der Waals surface area contributed by atoms with Gasteiger partial charge in [0, 0.05) is 53.4 Å². The largest absolute Gasteiger partial charge is 0.455 e. The van der Waals surface area contributed by atoms with Crippen molar-refractivity contribution in [1.82, 2.24) is 0 Å². The molecule has 0 bridgehead atoms. The van der Waals surface area contributed by atoms with E-state index < -0.39 is 0 Å². The van der Waals surface area contributed by atoms with E-state index in [0.717, 1.165) is 55.5 Å². The molecule has 8 aromatic carbocycles. The summed E-state index contributed by atoms with van der Waals surface area (Å²) in [5, 5.41) is 7.22. The number of nitrogens with zero attached hydrogens (tertiary/aromatic N) is 1. The van der Waals surface area contributed by atoms with E-state index in [1.807, 2.05) is 23.5 Å². The zero-order valence-electron chi connectivity index (χ0n) is 26.5. The van der Waals surface area contributed by atoms with Gasteiger partial charge in [-0.25, -0.2) is 0 Å². The molecule has 2 heterocycles. The fourth-order valence-corrected chi connectivity index (χ4v) is 8.36. The van der Waals surface area contributed by atoms with Crippen LogP contribution in [0.2, 0.25) is 0 Å². The summed E-state index contributed by atoms with van der Waals surface area (Å²) in [6.07, 6.45) is 0. The Morgan fingerprint density at radius 1 is 0.367 bits per heavy atom. The van der Waals surface area contributed by atoms with Gasteiger partial charge in [-0.1, -0.05) is 115 Å². The van der Waals surface area contributed by atoms with Crippen LogP contribution in [0.5, 0.6) is 0 Å². The van der Waals surface area contributed by atoms with Crippen LogP contribution in [0.25, 0.3) is 75.1 Å². The smallest absolute Gasteiger partial charge is 0.143 e. The molecule has 230 valence electrons. The summed E-state index contributed by atoms with van der Waals surface area (Å²) in [7, 11) is 0. The Bertz CT molecular complexity index is 2810. The Balaban J connectivity index is 1.07. The average Bonchev–Trinajstić information content (AvgIpc) is 3.74. The second kappa shape index (κ2) is 11.2. The highest BCUT2D eigenvalue weighted by atomic mass is 32.1. The third-order valence-corrected chi connectivity index (χ3v) is 10.8. The summed E-state index contributed by atoms with van der Waals surface area (Å²) in [4.78, 5) is 2.36. The van der Waals surface area contributed by atoms with E-state index in [9.17, 15) is 0 Å². The summed E-state index contributed by atoms with van der Waals surface area (Å²) < 4.78 is 8.99. The highest BCUT2D eigenvalue weighted by Crippen LogP contribution is 2.42. The maximum Gasteiger partial charge on any atom is 0.143 e. The molecule has 10 rings (SSSR count). The molecule has 0 amide bonds.